The minimum atomic E-state index is -0.208. The lowest BCUT2D eigenvalue weighted by Gasteiger charge is -2.17. The molecule has 1 aromatic carbocycles. The van der Waals surface area contributed by atoms with Gasteiger partial charge in [0.15, 0.2) is 0 Å². The fourth-order valence-corrected chi connectivity index (χ4v) is 2.46. The third kappa shape index (κ3) is 2.92. The molecule has 1 saturated carbocycles. The summed E-state index contributed by atoms with van der Waals surface area (Å²) >= 11 is 11.8. The molecule has 0 spiro atoms. The minimum Gasteiger partial charge on any atom is -0.348 e. The number of halogens is 2. The van der Waals surface area contributed by atoms with Crippen molar-refractivity contribution >= 4 is 29.1 Å². The van der Waals surface area contributed by atoms with E-state index in [9.17, 15) is 4.79 Å². The lowest BCUT2D eigenvalue weighted by Crippen LogP contribution is -2.44. The largest absolute Gasteiger partial charge is 0.348 e. The molecule has 0 radical (unpaired) electrons. The molecular formula is C12H14Cl2N2O. The van der Waals surface area contributed by atoms with Gasteiger partial charge in [-0.05, 0) is 37.5 Å². The van der Waals surface area contributed by atoms with Crippen molar-refractivity contribution in [1.29, 1.82) is 0 Å². The van der Waals surface area contributed by atoms with Crippen molar-refractivity contribution < 1.29 is 4.79 Å². The Hall–Kier alpha value is -0.770. The van der Waals surface area contributed by atoms with Crippen LogP contribution in [0.2, 0.25) is 10.0 Å². The van der Waals surface area contributed by atoms with Gasteiger partial charge in [-0.1, -0.05) is 23.2 Å². The fourth-order valence-electron chi connectivity index (χ4n) is 2.09. The van der Waals surface area contributed by atoms with E-state index in [1.54, 1.807) is 18.2 Å². The monoisotopic (exact) mass is 272 g/mol. The van der Waals surface area contributed by atoms with Gasteiger partial charge in [0.2, 0.25) is 0 Å². The molecule has 0 bridgehead atoms. The molecule has 0 saturated heterocycles. The molecule has 1 aliphatic rings. The van der Waals surface area contributed by atoms with Crippen LogP contribution in [0.15, 0.2) is 18.2 Å². The standard InChI is InChI=1S/C12H14Cl2N2O/c13-7-4-5-9(14)8(6-7)12(17)16-11-3-1-2-10(11)15/h4-6,10-11H,1-3,15H2,(H,16,17). The second kappa shape index (κ2) is 5.25. The first-order valence-electron chi connectivity index (χ1n) is 5.59. The van der Waals surface area contributed by atoms with Gasteiger partial charge in [-0.2, -0.15) is 0 Å². The Morgan fingerprint density at radius 3 is 2.76 bits per heavy atom. The van der Waals surface area contributed by atoms with Crippen molar-refractivity contribution in [3.63, 3.8) is 0 Å². The summed E-state index contributed by atoms with van der Waals surface area (Å²) < 4.78 is 0. The average molecular weight is 273 g/mol. The smallest absolute Gasteiger partial charge is 0.253 e. The van der Waals surface area contributed by atoms with Crippen molar-refractivity contribution in [2.75, 3.05) is 0 Å². The van der Waals surface area contributed by atoms with Gasteiger partial charge in [0.05, 0.1) is 10.6 Å². The molecule has 0 aliphatic heterocycles. The Kier molecular flexibility index (Phi) is 3.92. The van der Waals surface area contributed by atoms with Crippen LogP contribution in [0, 0.1) is 0 Å². The van der Waals surface area contributed by atoms with Crippen LogP contribution in [0.4, 0.5) is 0 Å². The van der Waals surface area contributed by atoms with Crippen molar-refractivity contribution in [3.8, 4) is 0 Å². The van der Waals surface area contributed by atoms with E-state index in [1.807, 2.05) is 0 Å². The molecule has 0 aromatic heterocycles. The summed E-state index contributed by atoms with van der Waals surface area (Å²) in [6.45, 7) is 0. The lowest BCUT2D eigenvalue weighted by molar-refractivity contribution is 0.0935. The van der Waals surface area contributed by atoms with Crippen LogP contribution in [0.3, 0.4) is 0 Å². The highest BCUT2D eigenvalue weighted by molar-refractivity contribution is 6.35. The van der Waals surface area contributed by atoms with Gasteiger partial charge in [-0.3, -0.25) is 4.79 Å². The van der Waals surface area contributed by atoms with Crippen molar-refractivity contribution in [1.82, 2.24) is 5.32 Å². The molecule has 1 aromatic rings. The molecule has 2 atom stereocenters. The van der Waals surface area contributed by atoms with Crippen LogP contribution < -0.4 is 11.1 Å². The Balaban J connectivity index is 2.11. The van der Waals surface area contributed by atoms with E-state index in [-0.39, 0.29) is 18.0 Å². The summed E-state index contributed by atoms with van der Waals surface area (Å²) in [5.41, 5.74) is 6.30. The third-order valence-corrected chi connectivity index (χ3v) is 3.62. The topological polar surface area (TPSA) is 55.1 Å². The maximum Gasteiger partial charge on any atom is 0.253 e. The van der Waals surface area contributed by atoms with Gasteiger partial charge in [-0.15, -0.1) is 0 Å². The summed E-state index contributed by atoms with van der Waals surface area (Å²) in [5.74, 6) is -0.208. The van der Waals surface area contributed by atoms with E-state index in [1.165, 1.54) is 0 Å². The fraction of sp³-hybridized carbons (Fsp3) is 0.417. The number of carbonyl (C=O) groups excluding carboxylic acids is 1. The molecule has 2 rings (SSSR count). The van der Waals surface area contributed by atoms with Gasteiger partial charge >= 0.3 is 0 Å². The molecule has 1 amide bonds. The zero-order chi connectivity index (χ0) is 12.4. The van der Waals surface area contributed by atoms with Crippen molar-refractivity contribution in [2.24, 2.45) is 5.73 Å². The summed E-state index contributed by atoms with van der Waals surface area (Å²) in [6.07, 6.45) is 2.93. The number of rotatable bonds is 2. The highest BCUT2D eigenvalue weighted by atomic mass is 35.5. The Labute approximate surface area is 110 Å². The summed E-state index contributed by atoms with van der Waals surface area (Å²) in [7, 11) is 0. The first kappa shape index (κ1) is 12.7. The van der Waals surface area contributed by atoms with Crippen LogP contribution in [0.25, 0.3) is 0 Å². The third-order valence-electron chi connectivity index (χ3n) is 3.06. The number of nitrogens with one attached hydrogen (secondary N) is 1. The zero-order valence-corrected chi connectivity index (χ0v) is 10.8. The number of carbonyl (C=O) groups is 1. The first-order valence-corrected chi connectivity index (χ1v) is 6.35. The molecule has 3 N–H and O–H groups in total. The van der Waals surface area contributed by atoms with Crippen LogP contribution in [0.1, 0.15) is 29.6 Å². The molecule has 1 aliphatic carbocycles. The minimum absolute atomic E-state index is 0.0388. The van der Waals surface area contributed by atoms with Gasteiger partial charge in [0.1, 0.15) is 0 Å². The molecular weight excluding hydrogens is 259 g/mol. The summed E-state index contributed by atoms with van der Waals surface area (Å²) in [4.78, 5) is 12.0. The molecule has 92 valence electrons. The number of hydrogen-bond donors (Lipinski definition) is 2. The van der Waals surface area contributed by atoms with Gasteiger partial charge in [-0.25, -0.2) is 0 Å². The second-order valence-corrected chi connectivity index (χ2v) is 5.14. The van der Waals surface area contributed by atoms with Gasteiger partial charge < -0.3 is 11.1 Å². The SMILES string of the molecule is NC1CCCC1NC(=O)c1cc(Cl)ccc1Cl. The zero-order valence-electron chi connectivity index (χ0n) is 9.25. The van der Waals surface area contributed by atoms with Gasteiger partial charge in [0, 0.05) is 17.1 Å². The number of hydrogen-bond acceptors (Lipinski definition) is 2. The lowest BCUT2D eigenvalue weighted by atomic mass is 10.1. The predicted molar refractivity (Wildman–Crippen MR) is 69.5 cm³/mol. The maximum atomic E-state index is 12.0. The van der Waals surface area contributed by atoms with Crippen molar-refractivity contribution in [3.05, 3.63) is 33.8 Å². The van der Waals surface area contributed by atoms with Crippen molar-refractivity contribution in [2.45, 2.75) is 31.3 Å². The first-order chi connectivity index (χ1) is 8.08. The highest BCUT2D eigenvalue weighted by Crippen LogP contribution is 2.22. The summed E-state index contributed by atoms with van der Waals surface area (Å²) in [6, 6.07) is 4.92. The van der Waals surface area contributed by atoms with Crippen LogP contribution >= 0.6 is 23.2 Å². The summed E-state index contributed by atoms with van der Waals surface area (Å²) in [5, 5.41) is 3.80. The Morgan fingerprint density at radius 1 is 1.35 bits per heavy atom. The van der Waals surface area contributed by atoms with Crippen LogP contribution in [0.5, 0.6) is 0 Å². The molecule has 1 fully saturated rings. The van der Waals surface area contributed by atoms with E-state index < -0.39 is 0 Å². The molecule has 3 nitrogen and oxygen atoms in total. The molecule has 5 heteroatoms. The normalized spacial score (nSPS) is 23.7. The Bertz CT molecular complexity index is 437. The van der Waals surface area contributed by atoms with E-state index in [0.29, 0.717) is 15.6 Å². The van der Waals surface area contributed by atoms with E-state index >= 15 is 0 Å². The molecule has 2 unspecified atom stereocenters. The maximum absolute atomic E-state index is 12.0. The van der Waals surface area contributed by atoms with Gasteiger partial charge in [0.25, 0.3) is 5.91 Å². The second-order valence-electron chi connectivity index (χ2n) is 4.30. The molecule has 0 heterocycles. The van der Waals surface area contributed by atoms with E-state index in [4.69, 9.17) is 28.9 Å². The number of amides is 1. The van der Waals surface area contributed by atoms with E-state index in [0.717, 1.165) is 19.3 Å². The van der Waals surface area contributed by atoms with E-state index in [2.05, 4.69) is 5.32 Å². The van der Waals surface area contributed by atoms with Crippen LogP contribution in [-0.4, -0.2) is 18.0 Å². The quantitative estimate of drug-likeness (QED) is 0.870. The number of nitrogens with two attached hydrogens (primary N) is 1. The number of benzene rings is 1. The Morgan fingerprint density at radius 2 is 2.12 bits per heavy atom. The highest BCUT2D eigenvalue weighted by Gasteiger charge is 2.26. The van der Waals surface area contributed by atoms with Crippen LogP contribution in [-0.2, 0) is 0 Å². The predicted octanol–water partition coefficient (Wildman–Crippen LogP) is 2.60. The molecule has 17 heavy (non-hydrogen) atoms. The average Bonchev–Trinajstić information content (AvgIpc) is 2.68.